The first-order valence-corrected chi connectivity index (χ1v) is 10.4. The molecular weight excluding hydrogens is 418 g/mol. The summed E-state index contributed by atoms with van der Waals surface area (Å²) in [6, 6.07) is 7.26. The van der Waals surface area contributed by atoms with Gasteiger partial charge in [-0.25, -0.2) is 0 Å². The van der Waals surface area contributed by atoms with E-state index in [9.17, 15) is 9.90 Å². The fourth-order valence-corrected chi connectivity index (χ4v) is 5.01. The van der Waals surface area contributed by atoms with Crippen molar-refractivity contribution in [2.24, 2.45) is 17.6 Å². The van der Waals surface area contributed by atoms with E-state index in [2.05, 4.69) is 0 Å². The summed E-state index contributed by atoms with van der Waals surface area (Å²) in [7, 11) is 2.93. The zero-order chi connectivity index (χ0) is 22.4. The maximum atomic E-state index is 13.0. The van der Waals surface area contributed by atoms with E-state index >= 15 is 0 Å². The topological polar surface area (TPSA) is 119 Å². The molecule has 2 aromatic carbocycles. The van der Waals surface area contributed by atoms with Crippen molar-refractivity contribution < 1.29 is 38.3 Å². The van der Waals surface area contributed by atoms with Crippen LogP contribution in [0.3, 0.4) is 0 Å². The van der Waals surface area contributed by atoms with E-state index in [1.54, 1.807) is 12.1 Å². The molecule has 0 spiro atoms. The lowest BCUT2D eigenvalue weighted by Crippen LogP contribution is -2.36. The van der Waals surface area contributed by atoms with Gasteiger partial charge in [0.1, 0.15) is 0 Å². The Labute approximate surface area is 184 Å². The summed E-state index contributed by atoms with van der Waals surface area (Å²) in [5.74, 6) is 0.258. The van der Waals surface area contributed by atoms with E-state index in [4.69, 9.17) is 34.2 Å². The standard InChI is InChI=1S/C23H25NO8/c1-27-17-5-11(6-18(28-2)21(17)25)19-12-7-15-16(32-10-31-15)8-13(12)22(29-4-3-24)14-9-30-23(26)20(14)19/h5-8,14,19-20,22,25H,3-4,9-10,24H2,1-2H3. The molecule has 1 saturated heterocycles. The van der Waals surface area contributed by atoms with Gasteiger partial charge in [0.05, 0.1) is 39.5 Å². The van der Waals surface area contributed by atoms with Gasteiger partial charge in [0.25, 0.3) is 0 Å². The van der Waals surface area contributed by atoms with E-state index in [0.29, 0.717) is 24.7 Å². The van der Waals surface area contributed by atoms with E-state index in [1.807, 2.05) is 12.1 Å². The molecule has 9 nitrogen and oxygen atoms in total. The molecule has 4 atom stereocenters. The van der Waals surface area contributed by atoms with Crippen molar-refractivity contribution >= 4 is 5.97 Å². The number of ether oxygens (including phenoxy) is 6. The number of hydrogen-bond acceptors (Lipinski definition) is 9. The Kier molecular flexibility index (Phi) is 5.22. The second-order valence-electron chi connectivity index (χ2n) is 7.99. The molecule has 2 heterocycles. The van der Waals surface area contributed by atoms with Crippen LogP contribution in [0, 0.1) is 11.8 Å². The highest BCUT2D eigenvalue weighted by Gasteiger charge is 2.53. The zero-order valence-electron chi connectivity index (χ0n) is 17.8. The van der Waals surface area contributed by atoms with E-state index in [-0.39, 0.29) is 54.6 Å². The van der Waals surface area contributed by atoms with Crippen molar-refractivity contribution in [3.8, 4) is 28.7 Å². The average molecular weight is 443 g/mol. The lowest BCUT2D eigenvalue weighted by atomic mass is 9.66. The first-order valence-electron chi connectivity index (χ1n) is 10.4. The summed E-state index contributed by atoms with van der Waals surface area (Å²) in [4.78, 5) is 13.0. The van der Waals surface area contributed by atoms with Gasteiger partial charge in [-0.2, -0.15) is 0 Å². The smallest absolute Gasteiger partial charge is 0.310 e. The number of carbonyl (C=O) groups is 1. The molecule has 2 aromatic rings. The molecule has 3 N–H and O–H groups in total. The molecule has 3 aliphatic rings. The number of benzene rings is 2. The lowest BCUT2D eigenvalue weighted by molar-refractivity contribution is -0.141. The molecular formula is C23H25NO8. The van der Waals surface area contributed by atoms with Gasteiger partial charge in [0.2, 0.25) is 12.5 Å². The van der Waals surface area contributed by atoms with E-state index in [1.165, 1.54) is 14.2 Å². The largest absolute Gasteiger partial charge is 0.502 e. The Bertz CT molecular complexity index is 1030. The van der Waals surface area contributed by atoms with Crippen molar-refractivity contribution in [1.82, 2.24) is 0 Å². The second kappa shape index (κ2) is 8.07. The molecule has 2 aliphatic heterocycles. The predicted molar refractivity (Wildman–Crippen MR) is 111 cm³/mol. The number of methoxy groups -OCH3 is 2. The van der Waals surface area contributed by atoms with Crippen LogP contribution in [0.15, 0.2) is 24.3 Å². The Hall–Kier alpha value is -3.17. The molecule has 1 aliphatic carbocycles. The number of phenols is 1. The number of esters is 1. The minimum absolute atomic E-state index is 0.102. The zero-order valence-corrected chi connectivity index (χ0v) is 17.8. The van der Waals surface area contributed by atoms with Gasteiger partial charge in [0.15, 0.2) is 23.0 Å². The van der Waals surface area contributed by atoms with Crippen molar-refractivity contribution in [3.05, 3.63) is 41.0 Å². The number of cyclic esters (lactones) is 1. The van der Waals surface area contributed by atoms with Crippen molar-refractivity contribution in [3.63, 3.8) is 0 Å². The van der Waals surface area contributed by atoms with Gasteiger partial charge in [-0.1, -0.05) is 0 Å². The fourth-order valence-electron chi connectivity index (χ4n) is 5.01. The molecule has 9 heteroatoms. The number of carbonyl (C=O) groups excluding carboxylic acids is 1. The van der Waals surface area contributed by atoms with Gasteiger partial charge in [0, 0.05) is 18.4 Å². The van der Waals surface area contributed by atoms with Gasteiger partial charge < -0.3 is 39.3 Å². The van der Waals surface area contributed by atoms with Crippen LogP contribution in [0.25, 0.3) is 0 Å². The molecule has 170 valence electrons. The van der Waals surface area contributed by atoms with Crippen LogP contribution in [-0.4, -0.2) is 51.8 Å². The number of rotatable bonds is 6. The predicted octanol–water partition coefficient (Wildman–Crippen LogP) is 2.09. The number of fused-ring (bicyclic) bond motifs is 3. The summed E-state index contributed by atoms with van der Waals surface area (Å²) in [6.45, 7) is 1.09. The third-order valence-electron chi connectivity index (χ3n) is 6.40. The average Bonchev–Trinajstić information content (AvgIpc) is 3.42. The number of phenolic OH excluding ortho intramolecular Hbond substituents is 1. The summed E-state index contributed by atoms with van der Waals surface area (Å²) in [5, 5.41) is 10.4. The SMILES string of the molecule is COc1cc(C2c3cc4c(cc3C(OCCN)C3COC(=O)C23)OCO4)cc(OC)c1O. The molecule has 32 heavy (non-hydrogen) atoms. The molecule has 0 aromatic heterocycles. The van der Waals surface area contributed by atoms with Crippen molar-refractivity contribution in [2.75, 3.05) is 40.8 Å². The summed E-state index contributed by atoms with van der Waals surface area (Å²) < 4.78 is 33.6. The summed E-state index contributed by atoms with van der Waals surface area (Å²) in [5.41, 5.74) is 8.22. The van der Waals surface area contributed by atoms with Crippen LogP contribution in [0.2, 0.25) is 0 Å². The molecule has 4 unspecified atom stereocenters. The van der Waals surface area contributed by atoms with Crippen LogP contribution in [-0.2, 0) is 14.3 Å². The first-order chi connectivity index (χ1) is 15.6. The van der Waals surface area contributed by atoms with Crippen LogP contribution in [0.1, 0.15) is 28.7 Å². The van der Waals surface area contributed by atoms with Crippen LogP contribution in [0.4, 0.5) is 0 Å². The summed E-state index contributed by atoms with van der Waals surface area (Å²) in [6.07, 6.45) is -0.378. The Balaban J connectivity index is 1.72. The minimum Gasteiger partial charge on any atom is -0.502 e. The van der Waals surface area contributed by atoms with Crippen LogP contribution >= 0.6 is 0 Å². The Morgan fingerprint density at radius 2 is 1.69 bits per heavy atom. The molecule has 5 rings (SSSR count). The second-order valence-corrected chi connectivity index (χ2v) is 7.99. The highest BCUT2D eigenvalue weighted by Crippen LogP contribution is 2.56. The maximum absolute atomic E-state index is 13.0. The molecule has 0 amide bonds. The van der Waals surface area contributed by atoms with Gasteiger partial charge in [-0.3, -0.25) is 4.79 Å². The number of aromatic hydroxyl groups is 1. The fraction of sp³-hybridized carbons (Fsp3) is 0.435. The monoisotopic (exact) mass is 443 g/mol. The van der Waals surface area contributed by atoms with E-state index < -0.39 is 5.92 Å². The molecule has 1 fully saturated rings. The molecule has 0 radical (unpaired) electrons. The van der Waals surface area contributed by atoms with E-state index in [0.717, 1.165) is 16.7 Å². The lowest BCUT2D eigenvalue weighted by Gasteiger charge is -2.39. The van der Waals surface area contributed by atoms with Gasteiger partial charge in [-0.05, 0) is 41.0 Å². The first kappa shape index (κ1) is 20.7. The van der Waals surface area contributed by atoms with Crippen molar-refractivity contribution in [2.45, 2.75) is 12.0 Å². The Morgan fingerprint density at radius 3 is 2.31 bits per heavy atom. The third-order valence-corrected chi connectivity index (χ3v) is 6.40. The summed E-state index contributed by atoms with van der Waals surface area (Å²) >= 11 is 0. The number of nitrogens with two attached hydrogens (primary N) is 1. The van der Waals surface area contributed by atoms with Crippen molar-refractivity contribution in [1.29, 1.82) is 0 Å². The highest BCUT2D eigenvalue weighted by molar-refractivity contribution is 5.79. The molecule has 0 saturated carbocycles. The highest BCUT2D eigenvalue weighted by atomic mass is 16.7. The normalized spacial score (nSPS) is 25.2. The minimum atomic E-state index is -0.496. The maximum Gasteiger partial charge on any atom is 0.310 e. The Morgan fingerprint density at radius 1 is 1.03 bits per heavy atom. The van der Waals surface area contributed by atoms with Gasteiger partial charge >= 0.3 is 5.97 Å². The molecule has 0 bridgehead atoms. The quantitative estimate of drug-likeness (QED) is 0.647. The third kappa shape index (κ3) is 3.11. The van der Waals surface area contributed by atoms with Crippen LogP contribution in [0.5, 0.6) is 28.7 Å². The van der Waals surface area contributed by atoms with Crippen LogP contribution < -0.4 is 24.7 Å². The van der Waals surface area contributed by atoms with Gasteiger partial charge in [-0.15, -0.1) is 0 Å². The number of hydrogen-bond donors (Lipinski definition) is 2.